The fraction of sp³-hybridized carbons (Fsp3) is 0.871. The van der Waals surface area contributed by atoms with Gasteiger partial charge in [-0.1, -0.05) is 135 Å². The van der Waals surface area contributed by atoms with Crippen LogP contribution in [-0.4, -0.2) is 16.9 Å². The second kappa shape index (κ2) is 26.5. The first kappa shape index (κ1) is 32.9. The molecule has 0 aliphatic heterocycles. The highest BCUT2D eigenvalue weighted by Crippen LogP contribution is 2.18. The van der Waals surface area contributed by atoms with E-state index >= 15 is 0 Å². The average molecular weight is 479 g/mol. The zero-order chi connectivity index (χ0) is 25.1. The maximum absolute atomic E-state index is 12.4. The minimum atomic E-state index is -0.919. The van der Waals surface area contributed by atoms with Gasteiger partial charge in [-0.15, -0.1) is 0 Å². The van der Waals surface area contributed by atoms with Crippen LogP contribution in [0.3, 0.4) is 0 Å². The molecule has 0 saturated heterocycles. The molecule has 0 aromatic heterocycles. The van der Waals surface area contributed by atoms with Gasteiger partial charge in [-0.05, 0) is 38.5 Å². The standard InChI is InChI=1S/C31H58O3/c1-3-5-7-9-11-13-14-15-16-17-18-20-22-24-26-28-30(32)29(31(33)34)27-25-23-21-19-12-10-8-6-4-2/h15-16,29H,3-14,17-28H2,1-2H3,(H,33,34)/b16-15-. The number of allylic oxidation sites excluding steroid dienone is 2. The van der Waals surface area contributed by atoms with E-state index in [1.54, 1.807) is 0 Å². The molecule has 3 nitrogen and oxygen atoms in total. The Balaban J connectivity index is 3.62. The lowest BCUT2D eigenvalue weighted by molar-refractivity contribution is -0.146. The maximum Gasteiger partial charge on any atom is 0.314 e. The molecule has 200 valence electrons. The van der Waals surface area contributed by atoms with Crippen molar-refractivity contribution in [3.8, 4) is 0 Å². The van der Waals surface area contributed by atoms with E-state index in [4.69, 9.17) is 0 Å². The molecule has 0 aromatic carbocycles. The van der Waals surface area contributed by atoms with E-state index < -0.39 is 11.9 Å². The normalized spacial score (nSPS) is 12.4. The largest absolute Gasteiger partial charge is 0.481 e. The Morgan fingerprint density at radius 2 is 0.941 bits per heavy atom. The van der Waals surface area contributed by atoms with Gasteiger partial charge in [0.05, 0.1) is 0 Å². The van der Waals surface area contributed by atoms with Crippen LogP contribution in [-0.2, 0) is 9.59 Å². The summed E-state index contributed by atoms with van der Waals surface area (Å²) < 4.78 is 0. The number of carboxylic acids is 1. The number of Topliss-reactive ketones (excluding diaryl/α,β-unsaturated/α-hetero) is 1. The lowest BCUT2D eigenvalue weighted by Gasteiger charge is -2.11. The molecule has 0 amide bonds. The highest BCUT2D eigenvalue weighted by molar-refractivity contribution is 5.98. The van der Waals surface area contributed by atoms with Gasteiger partial charge in [0, 0.05) is 6.42 Å². The van der Waals surface area contributed by atoms with E-state index in [-0.39, 0.29) is 5.78 Å². The summed E-state index contributed by atoms with van der Waals surface area (Å²) in [4.78, 5) is 23.9. The highest BCUT2D eigenvalue weighted by atomic mass is 16.4. The number of rotatable bonds is 27. The monoisotopic (exact) mass is 478 g/mol. The molecule has 0 aromatic rings. The summed E-state index contributed by atoms with van der Waals surface area (Å²) in [7, 11) is 0. The van der Waals surface area contributed by atoms with Crippen molar-refractivity contribution in [2.45, 2.75) is 168 Å². The van der Waals surface area contributed by atoms with Crippen molar-refractivity contribution in [2.24, 2.45) is 5.92 Å². The molecule has 0 radical (unpaired) electrons. The van der Waals surface area contributed by atoms with Gasteiger partial charge in [0.2, 0.25) is 0 Å². The van der Waals surface area contributed by atoms with Gasteiger partial charge in [-0.25, -0.2) is 0 Å². The number of aliphatic carboxylic acids is 1. The Hall–Kier alpha value is -1.12. The summed E-state index contributed by atoms with van der Waals surface area (Å²) in [6, 6.07) is 0. The molecular weight excluding hydrogens is 420 g/mol. The molecule has 34 heavy (non-hydrogen) atoms. The molecule has 0 heterocycles. The molecule has 0 saturated carbocycles. The molecule has 0 aliphatic rings. The van der Waals surface area contributed by atoms with Crippen molar-refractivity contribution in [3.63, 3.8) is 0 Å². The fourth-order valence-corrected chi connectivity index (χ4v) is 4.63. The molecule has 1 unspecified atom stereocenters. The van der Waals surface area contributed by atoms with Crippen LogP contribution in [0.5, 0.6) is 0 Å². The Morgan fingerprint density at radius 3 is 1.38 bits per heavy atom. The number of hydrogen-bond acceptors (Lipinski definition) is 2. The first-order valence-electron chi connectivity index (χ1n) is 15.0. The van der Waals surface area contributed by atoms with E-state index in [0.29, 0.717) is 12.8 Å². The molecule has 0 fully saturated rings. The van der Waals surface area contributed by atoms with Crippen molar-refractivity contribution in [1.82, 2.24) is 0 Å². The zero-order valence-electron chi connectivity index (χ0n) is 23.0. The van der Waals surface area contributed by atoms with Gasteiger partial charge in [0.25, 0.3) is 0 Å². The Bertz CT molecular complexity index is 483. The van der Waals surface area contributed by atoms with E-state index in [2.05, 4.69) is 26.0 Å². The van der Waals surface area contributed by atoms with Gasteiger partial charge in [0.15, 0.2) is 0 Å². The number of ketones is 1. The molecule has 3 heteroatoms. The van der Waals surface area contributed by atoms with Gasteiger partial charge in [-0.3, -0.25) is 9.59 Å². The minimum Gasteiger partial charge on any atom is -0.481 e. The third kappa shape index (κ3) is 22.7. The third-order valence-corrected chi connectivity index (χ3v) is 6.97. The summed E-state index contributed by atoms with van der Waals surface area (Å²) in [5, 5.41) is 9.47. The molecule has 1 N–H and O–H groups in total. The van der Waals surface area contributed by atoms with Crippen LogP contribution in [0.1, 0.15) is 168 Å². The summed E-state index contributed by atoms with van der Waals surface area (Å²) in [5.74, 6) is -1.75. The molecule has 0 bridgehead atoms. The van der Waals surface area contributed by atoms with E-state index in [1.165, 1.54) is 103 Å². The van der Waals surface area contributed by atoms with Crippen molar-refractivity contribution in [3.05, 3.63) is 12.2 Å². The number of unbranched alkanes of at least 4 members (excludes halogenated alkanes) is 19. The lowest BCUT2D eigenvalue weighted by Crippen LogP contribution is -2.23. The number of carboxylic acid groups (broad SMARTS) is 1. The van der Waals surface area contributed by atoms with Crippen LogP contribution in [0.15, 0.2) is 12.2 Å². The maximum atomic E-state index is 12.4. The summed E-state index contributed by atoms with van der Waals surface area (Å²) in [6.07, 6.45) is 32.5. The summed E-state index contributed by atoms with van der Waals surface area (Å²) in [5.41, 5.74) is 0. The van der Waals surface area contributed by atoms with Crippen LogP contribution in [0, 0.1) is 5.92 Å². The van der Waals surface area contributed by atoms with Gasteiger partial charge < -0.3 is 5.11 Å². The first-order valence-corrected chi connectivity index (χ1v) is 15.0. The Morgan fingerprint density at radius 1 is 0.559 bits per heavy atom. The van der Waals surface area contributed by atoms with Gasteiger partial charge in [0.1, 0.15) is 11.7 Å². The summed E-state index contributed by atoms with van der Waals surface area (Å²) >= 11 is 0. The van der Waals surface area contributed by atoms with Crippen LogP contribution in [0.2, 0.25) is 0 Å². The molecule has 0 aliphatic carbocycles. The van der Waals surface area contributed by atoms with Gasteiger partial charge >= 0.3 is 5.97 Å². The molecular formula is C31H58O3. The van der Waals surface area contributed by atoms with Crippen molar-refractivity contribution >= 4 is 11.8 Å². The van der Waals surface area contributed by atoms with Crippen molar-refractivity contribution < 1.29 is 14.7 Å². The molecule has 1 atom stereocenters. The molecule has 0 spiro atoms. The summed E-state index contributed by atoms with van der Waals surface area (Å²) in [6.45, 7) is 4.49. The van der Waals surface area contributed by atoms with E-state index in [9.17, 15) is 14.7 Å². The van der Waals surface area contributed by atoms with Crippen LogP contribution in [0.25, 0.3) is 0 Å². The predicted molar refractivity (Wildman–Crippen MR) is 147 cm³/mol. The van der Waals surface area contributed by atoms with E-state index in [1.807, 2.05) is 0 Å². The predicted octanol–water partition coefficient (Wildman–Crippen LogP) is 10.2. The highest BCUT2D eigenvalue weighted by Gasteiger charge is 2.24. The minimum absolute atomic E-state index is 0.0512. The van der Waals surface area contributed by atoms with Crippen molar-refractivity contribution in [1.29, 1.82) is 0 Å². The first-order chi connectivity index (χ1) is 16.6. The fourth-order valence-electron chi connectivity index (χ4n) is 4.63. The zero-order valence-corrected chi connectivity index (χ0v) is 23.0. The van der Waals surface area contributed by atoms with E-state index in [0.717, 1.165) is 38.5 Å². The van der Waals surface area contributed by atoms with Crippen molar-refractivity contribution in [2.75, 3.05) is 0 Å². The molecule has 0 rings (SSSR count). The smallest absolute Gasteiger partial charge is 0.314 e. The number of hydrogen-bond donors (Lipinski definition) is 1. The van der Waals surface area contributed by atoms with Crippen LogP contribution >= 0.6 is 0 Å². The Kier molecular flexibility index (Phi) is 25.6. The average Bonchev–Trinajstić information content (AvgIpc) is 2.82. The Labute approximate surface area is 212 Å². The second-order valence-electron chi connectivity index (χ2n) is 10.3. The topological polar surface area (TPSA) is 54.4 Å². The third-order valence-electron chi connectivity index (χ3n) is 6.97. The quantitative estimate of drug-likeness (QED) is 0.0725. The lowest BCUT2D eigenvalue weighted by atomic mass is 9.93. The second-order valence-corrected chi connectivity index (χ2v) is 10.3. The van der Waals surface area contributed by atoms with Crippen LogP contribution in [0.4, 0.5) is 0 Å². The van der Waals surface area contributed by atoms with Crippen LogP contribution < -0.4 is 0 Å². The van der Waals surface area contributed by atoms with Gasteiger partial charge in [-0.2, -0.15) is 0 Å². The SMILES string of the molecule is CCCCCCCC/C=C\CCCCCCCC(=O)C(CCCCCCCCCCC)C(=O)O. The number of carbonyl (C=O) groups is 2. The number of carbonyl (C=O) groups excluding carboxylic acids is 1.